The normalized spacial score (nSPS) is 24.1. The Balaban J connectivity index is 1.62. The molecule has 23 heavy (non-hydrogen) atoms. The second-order valence-electron chi connectivity index (χ2n) is 5.76. The minimum atomic E-state index is -0.303. The number of carbonyl (C=O) groups is 2. The smallest absolute Gasteiger partial charge is 0.253 e. The molecule has 7 nitrogen and oxygen atoms in total. The van der Waals surface area contributed by atoms with Gasteiger partial charge in [-0.25, -0.2) is 4.98 Å². The molecule has 1 aromatic heterocycles. The largest absolute Gasteiger partial charge is 0.471 e. The predicted molar refractivity (Wildman–Crippen MR) is 82.6 cm³/mol. The van der Waals surface area contributed by atoms with Crippen LogP contribution in [0.2, 0.25) is 5.02 Å². The number of carbonyl (C=O) groups excluding carboxylic acids is 2. The molecule has 0 bridgehead atoms. The highest BCUT2D eigenvalue weighted by Crippen LogP contribution is 2.25. The number of halogens is 1. The lowest BCUT2D eigenvalue weighted by Crippen LogP contribution is -2.36. The first kappa shape index (κ1) is 16.0. The lowest BCUT2D eigenvalue weighted by molar-refractivity contribution is -0.126. The van der Waals surface area contributed by atoms with Crippen LogP contribution in [0.15, 0.2) is 12.3 Å². The van der Waals surface area contributed by atoms with Crippen LogP contribution in [0.3, 0.4) is 0 Å². The molecule has 8 heteroatoms. The quantitative estimate of drug-likeness (QED) is 0.880. The number of aromatic nitrogens is 1. The molecule has 124 valence electrons. The number of likely N-dealkylation sites (N-methyl/N-ethyl adjacent to an activating group) is 1. The summed E-state index contributed by atoms with van der Waals surface area (Å²) in [5.74, 6) is 0.0201. The minimum Gasteiger partial charge on any atom is -0.471 e. The molecule has 0 saturated carbocycles. The van der Waals surface area contributed by atoms with E-state index in [9.17, 15) is 9.59 Å². The highest BCUT2D eigenvalue weighted by Gasteiger charge is 2.28. The SMILES string of the molecule is CN1CC(NC(=O)c2cnc(OC3CCOC3)c(Cl)c2)CC1=O. The van der Waals surface area contributed by atoms with E-state index in [4.69, 9.17) is 21.1 Å². The van der Waals surface area contributed by atoms with E-state index < -0.39 is 0 Å². The van der Waals surface area contributed by atoms with Crippen molar-refractivity contribution < 1.29 is 19.1 Å². The maximum atomic E-state index is 12.2. The first-order valence-electron chi connectivity index (χ1n) is 7.47. The Bertz CT molecular complexity index is 619. The molecule has 0 radical (unpaired) electrons. The van der Waals surface area contributed by atoms with Crippen molar-refractivity contribution in [2.45, 2.75) is 25.0 Å². The number of nitrogens with zero attached hydrogens (tertiary/aromatic N) is 2. The second kappa shape index (κ2) is 6.72. The Morgan fingerprint density at radius 2 is 2.39 bits per heavy atom. The molecule has 2 saturated heterocycles. The second-order valence-corrected chi connectivity index (χ2v) is 6.17. The van der Waals surface area contributed by atoms with Gasteiger partial charge in [-0.2, -0.15) is 0 Å². The van der Waals surface area contributed by atoms with Crippen molar-refractivity contribution in [1.82, 2.24) is 15.2 Å². The Kier molecular flexibility index (Phi) is 4.68. The molecule has 0 aliphatic carbocycles. The van der Waals surface area contributed by atoms with Crippen molar-refractivity contribution in [1.29, 1.82) is 0 Å². The molecule has 3 rings (SSSR count). The highest BCUT2D eigenvalue weighted by molar-refractivity contribution is 6.32. The molecule has 2 atom stereocenters. The number of nitrogens with one attached hydrogen (secondary N) is 1. The van der Waals surface area contributed by atoms with Crippen LogP contribution < -0.4 is 10.1 Å². The van der Waals surface area contributed by atoms with Gasteiger partial charge in [-0.1, -0.05) is 11.6 Å². The van der Waals surface area contributed by atoms with Crippen molar-refractivity contribution >= 4 is 23.4 Å². The Hall–Kier alpha value is -1.86. The fourth-order valence-electron chi connectivity index (χ4n) is 2.63. The summed E-state index contributed by atoms with van der Waals surface area (Å²) in [5.41, 5.74) is 0.340. The van der Waals surface area contributed by atoms with Crippen molar-refractivity contribution in [3.8, 4) is 5.88 Å². The van der Waals surface area contributed by atoms with E-state index in [1.807, 2.05) is 0 Å². The van der Waals surface area contributed by atoms with Crippen LogP contribution in [0.4, 0.5) is 0 Å². The highest BCUT2D eigenvalue weighted by atomic mass is 35.5. The van der Waals surface area contributed by atoms with E-state index >= 15 is 0 Å². The molecule has 0 spiro atoms. The van der Waals surface area contributed by atoms with Gasteiger partial charge in [-0.3, -0.25) is 9.59 Å². The van der Waals surface area contributed by atoms with E-state index in [1.165, 1.54) is 12.3 Å². The number of amides is 2. The Morgan fingerprint density at radius 1 is 1.57 bits per heavy atom. The van der Waals surface area contributed by atoms with Crippen LogP contribution in [0.1, 0.15) is 23.2 Å². The van der Waals surface area contributed by atoms with E-state index in [2.05, 4.69) is 10.3 Å². The number of hydrogen-bond donors (Lipinski definition) is 1. The zero-order valence-corrected chi connectivity index (χ0v) is 13.5. The zero-order valence-electron chi connectivity index (χ0n) is 12.8. The number of rotatable bonds is 4. The van der Waals surface area contributed by atoms with Gasteiger partial charge in [0.15, 0.2) is 0 Å². The topological polar surface area (TPSA) is 80.8 Å². The monoisotopic (exact) mass is 339 g/mol. The van der Waals surface area contributed by atoms with Crippen LogP contribution in [0.25, 0.3) is 0 Å². The van der Waals surface area contributed by atoms with Gasteiger partial charge in [0, 0.05) is 32.6 Å². The molecule has 3 heterocycles. The van der Waals surface area contributed by atoms with Gasteiger partial charge < -0.3 is 19.7 Å². The standard InChI is InChI=1S/C15H18ClN3O4/c1-19-7-10(5-13(19)20)18-14(21)9-4-12(16)15(17-6-9)23-11-2-3-22-8-11/h4,6,10-11H,2-3,5,7-8H2,1H3,(H,18,21). The Morgan fingerprint density at radius 3 is 3.00 bits per heavy atom. The summed E-state index contributed by atoms with van der Waals surface area (Å²) in [5, 5.41) is 3.10. The van der Waals surface area contributed by atoms with E-state index in [0.29, 0.717) is 37.6 Å². The lowest BCUT2D eigenvalue weighted by atomic mass is 10.2. The third-order valence-electron chi connectivity index (χ3n) is 3.91. The first-order chi connectivity index (χ1) is 11.0. The minimum absolute atomic E-state index is 0.0222. The van der Waals surface area contributed by atoms with Crippen LogP contribution in [-0.2, 0) is 9.53 Å². The van der Waals surface area contributed by atoms with Gasteiger partial charge in [0.05, 0.1) is 24.8 Å². The summed E-state index contributed by atoms with van der Waals surface area (Å²) in [7, 11) is 1.71. The Labute approximate surface area is 138 Å². The van der Waals surface area contributed by atoms with Gasteiger partial charge in [-0.15, -0.1) is 0 Å². The summed E-state index contributed by atoms with van der Waals surface area (Å²) in [6.07, 6.45) is 2.47. The van der Waals surface area contributed by atoms with Crippen molar-refractivity contribution in [2.75, 3.05) is 26.8 Å². The number of ether oxygens (including phenoxy) is 2. The molecular weight excluding hydrogens is 322 g/mol. The third-order valence-corrected chi connectivity index (χ3v) is 4.18. The number of pyridine rings is 1. The molecule has 2 aliphatic heterocycles. The van der Waals surface area contributed by atoms with Crippen molar-refractivity contribution in [3.05, 3.63) is 22.8 Å². The van der Waals surface area contributed by atoms with Gasteiger partial charge in [0.1, 0.15) is 11.1 Å². The zero-order chi connectivity index (χ0) is 16.4. The molecule has 0 aromatic carbocycles. The molecule has 2 unspecified atom stereocenters. The fraction of sp³-hybridized carbons (Fsp3) is 0.533. The van der Waals surface area contributed by atoms with Crippen molar-refractivity contribution in [2.24, 2.45) is 0 Å². The number of likely N-dealkylation sites (tertiary alicyclic amines) is 1. The van der Waals surface area contributed by atoms with E-state index in [1.54, 1.807) is 11.9 Å². The maximum Gasteiger partial charge on any atom is 0.253 e. The summed E-state index contributed by atoms with van der Waals surface area (Å²) < 4.78 is 10.9. The molecule has 1 N–H and O–H groups in total. The summed E-state index contributed by atoms with van der Waals surface area (Å²) in [4.78, 5) is 29.4. The number of hydrogen-bond acceptors (Lipinski definition) is 5. The average Bonchev–Trinajstić information content (AvgIpc) is 3.12. The fourth-order valence-corrected chi connectivity index (χ4v) is 2.84. The van der Waals surface area contributed by atoms with Gasteiger partial charge in [0.2, 0.25) is 11.8 Å². The molecule has 2 amide bonds. The molecule has 1 aromatic rings. The van der Waals surface area contributed by atoms with Gasteiger partial charge in [-0.05, 0) is 6.07 Å². The predicted octanol–water partition coefficient (Wildman–Crippen LogP) is 0.863. The van der Waals surface area contributed by atoms with Crippen LogP contribution in [-0.4, -0.2) is 60.7 Å². The summed E-state index contributed by atoms with van der Waals surface area (Å²) in [6.45, 7) is 1.69. The van der Waals surface area contributed by atoms with Crippen LogP contribution in [0.5, 0.6) is 5.88 Å². The molecule has 2 aliphatic rings. The maximum absolute atomic E-state index is 12.2. The van der Waals surface area contributed by atoms with Gasteiger partial charge >= 0.3 is 0 Å². The third kappa shape index (κ3) is 3.73. The lowest BCUT2D eigenvalue weighted by Gasteiger charge is -2.14. The molecular formula is C15H18ClN3O4. The van der Waals surface area contributed by atoms with Crippen molar-refractivity contribution in [3.63, 3.8) is 0 Å². The van der Waals surface area contributed by atoms with Crippen LogP contribution in [0, 0.1) is 0 Å². The van der Waals surface area contributed by atoms with E-state index in [-0.39, 0.29) is 29.0 Å². The van der Waals surface area contributed by atoms with Crippen LogP contribution >= 0.6 is 11.6 Å². The van der Waals surface area contributed by atoms with E-state index in [0.717, 1.165) is 6.42 Å². The van der Waals surface area contributed by atoms with Gasteiger partial charge in [0.25, 0.3) is 5.91 Å². The first-order valence-corrected chi connectivity index (χ1v) is 7.85. The average molecular weight is 340 g/mol. The molecule has 2 fully saturated rings. The summed E-state index contributed by atoms with van der Waals surface area (Å²) in [6, 6.07) is 1.33. The summed E-state index contributed by atoms with van der Waals surface area (Å²) >= 11 is 6.14.